The van der Waals surface area contributed by atoms with E-state index in [-0.39, 0.29) is 10.6 Å². The fraction of sp³-hybridized carbons (Fsp3) is 0.571. The fourth-order valence-electron chi connectivity index (χ4n) is 2.72. The Hall–Kier alpha value is -1.17. The lowest BCUT2D eigenvalue weighted by Gasteiger charge is -2.39. The van der Waals surface area contributed by atoms with Crippen LogP contribution in [0.2, 0.25) is 5.02 Å². The minimum atomic E-state index is -0.378. The standard InChI is InChI=1S/C14H20ClN3O2/c1-3-17-7-6-16(9-11(17)2)10-12-8-13(18(19)20)4-5-14(12)15/h4-5,8,11H,3,6-7,9-10H2,1-2H3. The van der Waals surface area contributed by atoms with Crippen LogP contribution in [0.25, 0.3) is 0 Å². The molecular weight excluding hydrogens is 278 g/mol. The predicted octanol–water partition coefficient (Wildman–Crippen LogP) is 2.77. The third-order valence-corrected chi connectivity index (χ3v) is 4.26. The Bertz CT molecular complexity index is 495. The van der Waals surface area contributed by atoms with Gasteiger partial charge in [0.2, 0.25) is 0 Å². The summed E-state index contributed by atoms with van der Waals surface area (Å²) in [5.41, 5.74) is 0.933. The van der Waals surface area contributed by atoms with Crippen LogP contribution in [0.4, 0.5) is 5.69 Å². The van der Waals surface area contributed by atoms with Gasteiger partial charge in [-0.05, 0) is 25.1 Å². The van der Waals surface area contributed by atoms with Crippen LogP contribution in [-0.2, 0) is 6.54 Å². The van der Waals surface area contributed by atoms with Gasteiger partial charge in [-0.3, -0.25) is 19.9 Å². The Labute approximate surface area is 124 Å². The van der Waals surface area contributed by atoms with Crippen molar-refractivity contribution in [2.45, 2.75) is 26.4 Å². The Morgan fingerprint density at radius 2 is 2.20 bits per heavy atom. The number of hydrogen-bond acceptors (Lipinski definition) is 4. The highest BCUT2D eigenvalue weighted by Gasteiger charge is 2.23. The van der Waals surface area contributed by atoms with E-state index >= 15 is 0 Å². The van der Waals surface area contributed by atoms with Gasteiger partial charge in [-0.15, -0.1) is 0 Å². The predicted molar refractivity (Wildman–Crippen MR) is 80.1 cm³/mol. The van der Waals surface area contributed by atoms with E-state index < -0.39 is 0 Å². The normalized spacial score (nSPS) is 21.1. The highest BCUT2D eigenvalue weighted by molar-refractivity contribution is 6.31. The molecule has 1 atom stereocenters. The van der Waals surface area contributed by atoms with Gasteiger partial charge < -0.3 is 0 Å². The zero-order valence-corrected chi connectivity index (χ0v) is 12.6. The van der Waals surface area contributed by atoms with E-state index in [1.165, 1.54) is 6.07 Å². The topological polar surface area (TPSA) is 49.6 Å². The fourth-order valence-corrected chi connectivity index (χ4v) is 2.90. The van der Waals surface area contributed by atoms with Crippen molar-refractivity contribution in [1.82, 2.24) is 9.80 Å². The minimum absolute atomic E-state index is 0.102. The molecule has 0 N–H and O–H groups in total. The molecule has 1 fully saturated rings. The van der Waals surface area contributed by atoms with Crippen LogP contribution in [0.1, 0.15) is 19.4 Å². The van der Waals surface area contributed by atoms with Crippen molar-refractivity contribution in [3.8, 4) is 0 Å². The van der Waals surface area contributed by atoms with Crippen molar-refractivity contribution in [2.75, 3.05) is 26.2 Å². The van der Waals surface area contributed by atoms with E-state index in [0.29, 0.717) is 17.6 Å². The molecule has 0 aliphatic carbocycles. The lowest BCUT2D eigenvalue weighted by atomic mass is 10.1. The molecule has 0 aromatic heterocycles. The summed E-state index contributed by atoms with van der Waals surface area (Å²) in [5, 5.41) is 11.4. The lowest BCUT2D eigenvalue weighted by molar-refractivity contribution is -0.384. The number of nitro groups is 1. The molecule has 1 saturated heterocycles. The summed E-state index contributed by atoms with van der Waals surface area (Å²) in [5.74, 6) is 0. The molecule has 20 heavy (non-hydrogen) atoms. The quantitative estimate of drug-likeness (QED) is 0.633. The molecule has 1 aromatic carbocycles. The molecular formula is C14H20ClN3O2. The van der Waals surface area contributed by atoms with Gasteiger partial charge in [-0.25, -0.2) is 0 Å². The Kier molecular flexibility index (Phi) is 4.96. The molecule has 6 heteroatoms. The zero-order chi connectivity index (χ0) is 14.7. The van der Waals surface area contributed by atoms with Crippen LogP contribution < -0.4 is 0 Å². The largest absolute Gasteiger partial charge is 0.298 e. The number of hydrogen-bond donors (Lipinski definition) is 0. The van der Waals surface area contributed by atoms with E-state index in [4.69, 9.17) is 11.6 Å². The van der Waals surface area contributed by atoms with Crippen LogP contribution in [0, 0.1) is 10.1 Å². The first-order valence-electron chi connectivity index (χ1n) is 6.90. The third kappa shape index (κ3) is 3.48. The molecule has 1 aliphatic heterocycles. The molecule has 0 saturated carbocycles. The second-order valence-corrected chi connectivity index (χ2v) is 5.65. The van der Waals surface area contributed by atoms with E-state index in [9.17, 15) is 10.1 Å². The molecule has 0 spiro atoms. The molecule has 1 heterocycles. The van der Waals surface area contributed by atoms with Gasteiger partial charge in [-0.2, -0.15) is 0 Å². The number of nitro benzene ring substituents is 1. The van der Waals surface area contributed by atoms with Crippen molar-refractivity contribution in [3.05, 3.63) is 38.9 Å². The molecule has 1 unspecified atom stereocenters. The zero-order valence-electron chi connectivity index (χ0n) is 11.9. The number of likely N-dealkylation sites (N-methyl/N-ethyl adjacent to an activating group) is 1. The minimum Gasteiger partial charge on any atom is -0.298 e. The average Bonchev–Trinajstić information content (AvgIpc) is 2.41. The summed E-state index contributed by atoms with van der Waals surface area (Å²) in [6, 6.07) is 5.15. The first-order chi connectivity index (χ1) is 9.51. The number of nitrogens with zero attached hydrogens (tertiary/aromatic N) is 3. The molecule has 5 nitrogen and oxygen atoms in total. The smallest absolute Gasteiger partial charge is 0.269 e. The number of rotatable bonds is 4. The van der Waals surface area contributed by atoms with E-state index in [1.807, 2.05) is 0 Å². The lowest BCUT2D eigenvalue weighted by Crippen LogP contribution is -2.51. The third-order valence-electron chi connectivity index (χ3n) is 3.89. The number of non-ortho nitro benzene ring substituents is 1. The van der Waals surface area contributed by atoms with Crippen LogP contribution in [0.15, 0.2) is 18.2 Å². The first kappa shape index (κ1) is 15.2. The molecule has 110 valence electrons. The number of halogens is 1. The maximum atomic E-state index is 10.8. The van der Waals surface area contributed by atoms with Crippen molar-refractivity contribution < 1.29 is 4.92 Å². The summed E-state index contributed by atoms with van der Waals surface area (Å²) in [6.45, 7) is 9.08. The van der Waals surface area contributed by atoms with E-state index in [1.54, 1.807) is 12.1 Å². The monoisotopic (exact) mass is 297 g/mol. The summed E-state index contributed by atoms with van der Waals surface area (Å²) in [4.78, 5) is 15.2. The maximum Gasteiger partial charge on any atom is 0.269 e. The second kappa shape index (κ2) is 6.52. The van der Waals surface area contributed by atoms with Gasteiger partial charge in [0, 0.05) is 49.4 Å². The van der Waals surface area contributed by atoms with Crippen molar-refractivity contribution >= 4 is 17.3 Å². The van der Waals surface area contributed by atoms with Gasteiger partial charge in [0.15, 0.2) is 0 Å². The number of benzene rings is 1. The summed E-state index contributed by atoms with van der Waals surface area (Å²) < 4.78 is 0. The molecule has 1 aromatic rings. The Morgan fingerprint density at radius 3 is 2.80 bits per heavy atom. The van der Waals surface area contributed by atoms with Crippen molar-refractivity contribution in [2.24, 2.45) is 0 Å². The highest BCUT2D eigenvalue weighted by atomic mass is 35.5. The molecule has 0 amide bonds. The van der Waals surface area contributed by atoms with Gasteiger partial charge in [0.1, 0.15) is 0 Å². The highest BCUT2D eigenvalue weighted by Crippen LogP contribution is 2.24. The summed E-state index contributed by atoms with van der Waals surface area (Å²) >= 11 is 6.15. The van der Waals surface area contributed by atoms with Crippen LogP contribution in [0.5, 0.6) is 0 Å². The summed E-state index contributed by atoms with van der Waals surface area (Å²) in [6.07, 6.45) is 0. The van der Waals surface area contributed by atoms with Crippen LogP contribution >= 0.6 is 11.6 Å². The molecule has 1 aliphatic rings. The molecule has 0 bridgehead atoms. The van der Waals surface area contributed by atoms with E-state index in [2.05, 4.69) is 23.6 Å². The van der Waals surface area contributed by atoms with E-state index in [0.717, 1.165) is 31.7 Å². The van der Waals surface area contributed by atoms with Crippen molar-refractivity contribution in [3.63, 3.8) is 0 Å². The van der Waals surface area contributed by atoms with Gasteiger partial charge in [0.05, 0.1) is 4.92 Å². The maximum absolute atomic E-state index is 10.8. The van der Waals surface area contributed by atoms with Crippen LogP contribution in [-0.4, -0.2) is 46.9 Å². The SMILES string of the molecule is CCN1CCN(Cc2cc([N+](=O)[O-])ccc2Cl)CC1C. The second-order valence-electron chi connectivity index (χ2n) is 5.25. The van der Waals surface area contributed by atoms with Gasteiger partial charge in [-0.1, -0.05) is 18.5 Å². The first-order valence-corrected chi connectivity index (χ1v) is 7.28. The summed E-state index contributed by atoms with van der Waals surface area (Å²) in [7, 11) is 0. The molecule has 0 radical (unpaired) electrons. The Balaban J connectivity index is 2.07. The van der Waals surface area contributed by atoms with Gasteiger partial charge >= 0.3 is 0 Å². The van der Waals surface area contributed by atoms with Crippen LogP contribution in [0.3, 0.4) is 0 Å². The Morgan fingerprint density at radius 1 is 1.45 bits per heavy atom. The molecule has 2 rings (SSSR count). The number of piperazine rings is 1. The average molecular weight is 298 g/mol. The van der Waals surface area contributed by atoms with Crippen molar-refractivity contribution in [1.29, 1.82) is 0 Å². The van der Waals surface area contributed by atoms with Gasteiger partial charge in [0.25, 0.3) is 5.69 Å².